The van der Waals surface area contributed by atoms with Crippen molar-refractivity contribution in [2.24, 2.45) is 0 Å². The Morgan fingerprint density at radius 1 is 0.317 bits per heavy atom. The first-order valence-electron chi connectivity index (χ1n) is 26.8. The Labute approximate surface area is 390 Å². The number of hydrogen-bond acceptors (Lipinski definition) is 6. The van der Waals surface area contributed by atoms with Crippen molar-refractivity contribution in [1.82, 2.24) is 0 Å². The molecule has 0 bridgehead atoms. The molecule has 6 heteroatoms. The summed E-state index contributed by atoms with van der Waals surface area (Å²) < 4.78 is 16.8. The summed E-state index contributed by atoms with van der Waals surface area (Å²) in [6.07, 6.45) is 63.5. The Hall–Kier alpha value is -2.89. The van der Waals surface area contributed by atoms with Crippen LogP contribution in [-0.2, 0) is 28.6 Å². The minimum atomic E-state index is -0.797. The molecular weight excluding hydrogens is 781 g/mol. The van der Waals surface area contributed by atoms with Gasteiger partial charge in [0.15, 0.2) is 6.10 Å². The van der Waals surface area contributed by atoms with Crippen LogP contribution in [0.1, 0.15) is 265 Å². The maximum atomic E-state index is 12.8. The topological polar surface area (TPSA) is 78.9 Å². The summed E-state index contributed by atoms with van der Waals surface area (Å²) in [6, 6.07) is 0. The maximum Gasteiger partial charge on any atom is 0.306 e. The molecule has 0 amide bonds. The molecular formula is C57H100O6. The van der Waals surface area contributed by atoms with E-state index in [0.717, 1.165) is 77.0 Å². The van der Waals surface area contributed by atoms with Crippen molar-refractivity contribution >= 4 is 17.9 Å². The molecule has 0 heterocycles. The van der Waals surface area contributed by atoms with E-state index in [1.54, 1.807) is 0 Å². The van der Waals surface area contributed by atoms with Crippen molar-refractivity contribution in [1.29, 1.82) is 0 Å². The van der Waals surface area contributed by atoms with Gasteiger partial charge in [-0.1, -0.05) is 223 Å². The van der Waals surface area contributed by atoms with Gasteiger partial charge in [-0.2, -0.15) is 0 Å². The molecule has 0 radical (unpaired) electrons. The number of unbranched alkanes of at least 4 members (excludes halogenated alkanes) is 27. The highest BCUT2D eigenvalue weighted by molar-refractivity contribution is 5.71. The molecule has 0 aromatic rings. The van der Waals surface area contributed by atoms with E-state index in [2.05, 4.69) is 81.5 Å². The van der Waals surface area contributed by atoms with E-state index < -0.39 is 6.10 Å². The number of esters is 3. The SMILES string of the molecule is CCCCC/C=C\C/C=C\C/C=C\C/C=C\CCCC(=O)OC[C@H](COC(=O)CCCCCCCCCCCCCCCCC)OC(=O)CCCCCCC/C=C\CCCCCC. The van der Waals surface area contributed by atoms with E-state index in [1.807, 2.05) is 0 Å². The molecule has 0 aliphatic rings. The maximum absolute atomic E-state index is 12.8. The summed E-state index contributed by atoms with van der Waals surface area (Å²) in [6.45, 7) is 6.56. The van der Waals surface area contributed by atoms with Crippen LogP contribution in [0.5, 0.6) is 0 Å². The lowest BCUT2D eigenvalue weighted by atomic mass is 10.0. The van der Waals surface area contributed by atoms with Crippen LogP contribution >= 0.6 is 0 Å². The van der Waals surface area contributed by atoms with Gasteiger partial charge in [-0.25, -0.2) is 0 Å². The second kappa shape index (κ2) is 51.7. The molecule has 0 aromatic carbocycles. The fourth-order valence-electron chi connectivity index (χ4n) is 7.43. The van der Waals surface area contributed by atoms with Crippen LogP contribution in [0, 0.1) is 0 Å². The molecule has 1 atom stereocenters. The van der Waals surface area contributed by atoms with Crippen LogP contribution in [0.15, 0.2) is 60.8 Å². The minimum absolute atomic E-state index is 0.0923. The third-order valence-corrected chi connectivity index (χ3v) is 11.5. The molecule has 0 aliphatic carbocycles. The first-order valence-corrected chi connectivity index (χ1v) is 26.8. The quantitative estimate of drug-likeness (QED) is 0.0262. The van der Waals surface area contributed by atoms with Gasteiger partial charge in [0, 0.05) is 19.3 Å². The Kier molecular flexibility index (Phi) is 49.4. The first kappa shape index (κ1) is 60.1. The fraction of sp³-hybridized carbons (Fsp3) is 0.772. The van der Waals surface area contributed by atoms with Crippen molar-refractivity contribution in [3.63, 3.8) is 0 Å². The fourth-order valence-corrected chi connectivity index (χ4v) is 7.43. The predicted molar refractivity (Wildman–Crippen MR) is 270 cm³/mol. The van der Waals surface area contributed by atoms with E-state index in [-0.39, 0.29) is 37.5 Å². The van der Waals surface area contributed by atoms with Gasteiger partial charge in [0.25, 0.3) is 0 Å². The Morgan fingerprint density at radius 3 is 1.02 bits per heavy atom. The lowest BCUT2D eigenvalue weighted by Gasteiger charge is -2.18. The highest BCUT2D eigenvalue weighted by atomic mass is 16.6. The van der Waals surface area contributed by atoms with E-state index in [4.69, 9.17) is 14.2 Å². The smallest absolute Gasteiger partial charge is 0.306 e. The van der Waals surface area contributed by atoms with Gasteiger partial charge >= 0.3 is 17.9 Å². The van der Waals surface area contributed by atoms with Gasteiger partial charge < -0.3 is 14.2 Å². The third kappa shape index (κ3) is 50.0. The zero-order valence-electron chi connectivity index (χ0n) is 41.6. The van der Waals surface area contributed by atoms with Gasteiger partial charge in [0.2, 0.25) is 0 Å². The number of allylic oxidation sites excluding steroid dienone is 10. The van der Waals surface area contributed by atoms with Crippen LogP contribution in [-0.4, -0.2) is 37.2 Å². The number of carbonyl (C=O) groups is 3. The molecule has 6 nitrogen and oxygen atoms in total. The molecule has 0 saturated carbocycles. The molecule has 364 valence electrons. The summed E-state index contributed by atoms with van der Waals surface area (Å²) in [4.78, 5) is 38.0. The van der Waals surface area contributed by atoms with Crippen molar-refractivity contribution in [3.05, 3.63) is 60.8 Å². The van der Waals surface area contributed by atoms with Gasteiger partial charge in [-0.05, 0) is 83.5 Å². The standard InChI is InChI=1S/C57H100O6/c1-4-7-10-13-16-19-22-25-27-28-30-33-35-38-41-44-47-50-56(59)62-53-54(63-57(60)51-48-45-42-39-36-31-24-21-18-15-12-9-6-3)52-61-55(58)49-46-43-40-37-34-32-29-26-23-20-17-14-11-8-5-2/h16,19,21,24-25,27,30,33,38,41,54H,4-15,17-18,20,22-23,26,28-29,31-32,34-37,39-40,42-53H2,1-3H3/b19-16-,24-21-,27-25-,33-30-,41-38-/t54-/m0/s1. The Morgan fingerprint density at radius 2 is 0.587 bits per heavy atom. The van der Waals surface area contributed by atoms with Gasteiger partial charge in [0.05, 0.1) is 0 Å². The van der Waals surface area contributed by atoms with Crippen molar-refractivity contribution < 1.29 is 28.6 Å². The van der Waals surface area contributed by atoms with E-state index in [9.17, 15) is 14.4 Å². The highest BCUT2D eigenvalue weighted by Gasteiger charge is 2.19. The van der Waals surface area contributed by atoms with E-state index in [1.165, 1.54) is 141 Å². The molecule has 0 saturated heterocycles. The van der Waals surface area contributed by atoms with Crippen LogP contribution < -0.4 is 0 Å². The average Bonchev–Trinajstić information content (AvgIpc) is 3.28. The molecule has 63 heavy (non-hydrogen) atoms. The lowest BCUT2D eigenvalue weighted by Crippen LogP contribution is -2.30. The Balaban J connectivity index is 4.45. The van der Waals surface area contributed by atoms with E-state index in [0.29, 0.717) is 19.3 Å². The molecule has 0 N–H and O–H groups in total. The molecule has 0 aliphatic heterocycles. The molecule has 0 unspecified atom stereocenters. The first-order chi connectivity index (χ1) is 31.0. The van der Waals surface area contributed by atoms with Crippen molar-refractivity contribution in [2.75, 3.05) is 13.2 Å². The summed E-state index contributed by atoms with van der Waals surface area (Å²) in [7, 11) is 0. The summed E-state index contributed by atoms with van der Waals surface area (Å²) in [5.41, 5.74) is 0. The second-order valence-corrected chi connectivity index (χ2v) is 17.8. The van der Waals surface area contributed by atoms with Crippen LogP contribution in [0.3, 0.4) is 0 Å². The monoisotopic (exact) mass is 881 g/mol. The Bertz CT molecular complexity index is 1150. The van der Waals surface area contributed by atoms with E-state index >= 15 is 0 Å². The molecule has 0 aromatic heterocycles. The summed E-state index contributed by atoms with van der Waals surface area (Å²) >= 11 is 0. The van der Waals surface area contributed by atoms with Gasteiger partial charge in [-0.15, -0.1) is 0 Å². The molecule has 0 fully saturated rings. The third-order valence-electron chi connectivity index (χ3n) is 11.5. The lowest BCUT2D eigenvalue weighted by molar-refractivity contribution is -0.167. The number of rotatable bonds is 48. The molecule has 0 spiro atoms. The number of ether oxygens (including phenoxy) is 3. The van der Waals surface area contributed by atoms with Crippen LogP contribution in [0.4, 0.5) is 0 Å². The second-order valence-electron chi connectivity index (χ2n) is 17.8. The zero-order chi connectivity index (χ0) is 45.8. The van der Waals surface area contributed by atoms with Gasteiger partial charge in [-0.3, -0.25) is 14.4 Å². The average molecular weight is 881 g/mol. The highest BCUT2D eigenvalue weighted by Crippen LogP contribution is 2.15. The summed E-state index contributed by atoms with van der Waals surface area (Å²) in [5.74, 6) is -0.953. The van der Waals surface area contributed by atoms with Crippen LogP contribution in [0.2, 0.25) is 0 Å². The number of hydrogen-bond donors (Lipinski definition) is 0. The molecule has 0 rings (SSSR count). The number of carbonyl (C=O) groups excluding carboxylic acids is 3. The zero-order valence-corrected chi connectivity index (χ0v) is 41.6. The minimum Gasteiger partial charge on any atom is -0.462 e. The predicted octanol–water partition coefficient (Wildman–Crippen LogP) is 17.6. The van der Waals surface area contributed by atoms with Crippen molar-refractivity contribution in [2.45, 2.75) is 271 Å². The largest absolute Gasteiger partial charge is 0.462 e. The summed E-state index contributed by atoms with van der Waals surface area (Å²) in [5, 5.41) is 0. The van der Waals surface area contributed by atoms with Gasteiger partial charge in [0.1, 0.15) is 13.2 Å². The van der Waals surface area contributed by atoms with Crippen molar-refractivity contribution in [3.8, 4) is 0 Å². The normalized spacial score (nSPS) is 12.5. The van der Waals surface area contributed by atoms with Crippen LogP contribution in [0.25, 0.3) is 0 Å².